The Morgan fingerprint density at radius 3 is 2.78 bits per heavy atom. The molecule has 18 heavy (non-hydrogen) atoms. The van der Waals surface area contributed by atoms with Crippen molar-refractivity contribution < 1.29 is 4.74 Å². The molecular formula is C12H8IN3O2. The largest absolute Gasteiger partial charge is 0.438 e. The smallest absolute Gasteiger partial charge is 0.268 e. The average molecular weight is 353 g/mol. The molecule has 0 aliphatic rings. The lowest BCUT2D eigenvalue weighted by Gasteiger charge is -2.05. The van der Waals surface area contributed by atoms with E-state index in [-0.39, 0.29) is 11.4 Å². The van der Waals surface area contributed by atoms with Crippen molar-refractivity contribution in [3.05, 3.63) is 50.1 Å². The number of hydrogen-bond donors (Lipinski definition) is 1. The first-order chi connectivity index (χ1) is 8.70. The highest BCUT2D eigenvalue weighted by Gasteiger charge is 2.07. The summed E-state index contributed by atoms with van der Waals surface area (Å²) >= 11 is 1.88. The second-order valence-electron chi connectivity index (χ2n) is 3.43. The molecule has 0 spiro atoms. The average Bonchev–Trinajstić information content (AvgIpc) is 2.38. The normalized spacial score (nSPS) is 9.78. The van der Waals surface area contributed by atoms with Crippen LogP contribution >= 0.6 is 22.6 Å². The van der Waals surface area contributed by atoms with Crippen LogP contribution in [0.3, 0.4) is 0 Å². The third-order valence-corrected chi connectivity index (χ3v) is 3.14. The number of aromatic amines is 1. The Morgan fingerprint density at radius 2 is 2.11 bits per heavy atom. The van der Waals surface area contributed by atoms with Crippen LogP contribution in [-0.4, -0.2) is 9.97 Å². The van der Waals surface area contributed by atoms with Crippen molar-refractivity contribution in [2.75, 3.05) is 0 Å². The molecule has 1 N–H and O–H groups in total. The third-order valence-electron chi connectivity index (χ3n) is 2.19. The highest BCUT2D eigenvalue weighted by atomic mass is 127. The lowest BCUT2D eigenvalue weighted by atomic mass is 10.2. The van der Waals surface area contributed by atoms with Crippen molar-refractivity contribution in [2.24, 2.45) is 0 Å². The fraction of sp³-hybridized carbons (Fsp3) is 0.0833. The zero-order chi connectivity index (χ0) is 13.0. The number of nitrogens with one attached hydrogen (secondary N) is 1. The summed E-state index contributed by atoms with van der Waals surface area (Å²) in [5.41, 5.74) is 0.681. The Labute approximate surface area is 117 Å². The maximum Gasteiger partial charge on any atom is 0.268 e. The monoisotopic (exact) mass is 353 g/mol. The molecule has 0 atom stereocenters. The van der Waals surface area contributed by atoms with Gasteiger partial charge in [-0.25, -0.2) is 4.98 Å². The van der Waals surface area contributed by atoms with Crippen LogP contribution in [0.2, 0.25) is 0 Å². The molecule has 0 saturated carbocycles. The molecule has 0 aliphatic heterocycles. The van der Waals surface area contributed by atoms with Gasteiger partial charge in [0.2, 0.25) is 5.88 Å². The van der Waals surface area contributed by atoms with Gasteiger partial charge in [-0.1, -0.05) is 12.1 Å². The van der Waals surface area contributed by atoms with E-state index < -0.39 is 0 Å². The maximum atomic E-state index is 11.4. The SMILES string of the molecule is N#CCc1ccc(Oc2nc[nH]c(=O)c2I)cc1. The number of rotatable bonds is 3. The summed E-state index contributed by atoms with van der Waals surface area (Å²) in [6, 6.07) is 9.16. The number of hydrogen-bond acceptors (Lipinski definition) is 4. The van der Waals surface area contributed by atoms with Crippen LogP contribution in [0.4, 0.5) is 0 Å². The lowest BCUT2D eigenvalue weighted by molar-refractivity contribution is 0.456. The number of ether oxygens (including phenoxy) is 1. The predicted molar refractivity (Wildman–Crippen MR) is 73.4 cm³/mol. The van der Waals surface area contributed by atoms with E-state index in [1.807, 2.05) is 22.6 Å². The van der Waals surface area contributed by atoms with E-state index in [9.17, 15) is 4.79 Å². The number of aromatic nitrogens is 2. The van der Waals surface area contributed by atoms with Gasteiger partial charge >= 0.3 is 0 Å². The fourth-order valence-electron chi connectivity index (χ4n) is 1.32. The van der Waals surface area contributed by atoms with Crippen molar-refractivity contribution >= 4 is 22.6 Å². The van der Waals surface area contributed by atoms with Crippen molar-refractivity contribution in [3.8, 4) is 17.7 Å². The third kappa shape index (κ3) is 2.87. The number of benzene rings is 1. The van der Waals surface area contributed by atoms with Gasteiger partial charge in [0, 0.05) is 0 Å². The van der Waals surface area contributed by atoms with Crippen LogP contribution < -0.4 is 10.3 Å². The van der Waals surface area contributed by atoms with Crippen LogP contribution in [0, 0.1) is 14.9 Å². The van der Waals surface area contributed by atoms with Crippen molar-refractivity contribution in [3.63, 3.8) is 0 Å². The highest BCUT2D eigenvalue weighted by Crippen LogP contribution is 2.22. The first kappa shape index (κ1) is 12.6. The Kier molecular flexibility index (Phi) is 3.94. The Hall–Kier alpha value is -1.88. The zero-order valence-corrected chi connectivity index (χ0v) is 11.3. The van der Waals surface area contributed by atoms with Gasteiger partial charge in [0.05, 0.1) is 18.8 Å². The molecule has 1 heterocycles. The standard InChI is InChI=1S/C12H8IN3O2/c13-10-11(17)15-7-16-12(10)18-9-3-1-8(2-4-9)5-6-14/h1-4,7H,5H2,(H,15,16,17). The van der Waals surface area contributed by atoms with Crippen LogP contribution in [-0.2, 0) is 6.42 Å². The topological polar surface area (TPSA) is 78.8 Å². The van der Waals surface area contributed by atoms with Crippen LogP contribution in [0.25, 0.3) is 0 Å². The van der Waals surface area contributed by atoms with Gasteiger partial charge < -0.3 is 9.72 Å². The van der Waals surface area contributed by atoms with Gasteiger partial charge in [0.25, 0.3) is 5.56 Å². The first-order valence-electron chi connectivity index (χ1n) is 5.07. The molecule has 90 valence electrons. The number of nitriles is 1. The summed E-state index contributed by atoms with van der Waals surface area (Å²) < 4.78 is 5.90. The molecule has 1 aromatic carbocycles. The number of H-pyrrole nitrogens is 1. The second-order valence-corrected chi connectivity index (χ2v) is 4.51. The van der Waals surface area contributed by atoms with E-state index in [4.69, 9.17) is 10.00 Å². The molecule has 1 aromatic heterocycles. The molecule has 0 aliphatic carbocycles. The maximum absolute atomic E-state index is 11.4. The Morgan fingerprint density at radius 1 is 1.39 bits per heavy atom. The van der Waals surface area contributed by atoms with Gasteiger partial charge in [0.1, 0.15) is 9.32 Å². The predicted octanol–water partition coefficient (Wildman–Crippen LogP) is 2.23. The molecule has 0 bridgehead atoms. The van der Waals surface area contributed by atoms with E-state index in [0.29, 0.717) is 15.7 Å². The van der Waals surface area contributed by atoms with E-state index in [0.717, 1.165) is 5.56 Å². The molecule has 0 fully saturated rings. The molecule has 6 heteroatoms. The minimum absolute atomic E-state index is 0.235. The molecule has 0 saturated heterocycles. The van der Waals surface area contributed by atoms with Gasteiger partial charge in [-0.15, -0.1) is 0 Å². The molecule has 2 aromatic rings. The summed E-state index contributed by atoms with van der Waals surface area (Å²) in [7, 11) is 0. The van der Waals surface area contributed by atoms with Gasteiger partial charge in [0.15, 0.2) is 0 Å². The van der Waals surface area contributed by atoms with Crippen molar-refractivity contribution in [2.45, 2.75) is 6.42 Å². The van der Waals surface area contributed by atoms with Crippen molar-refractivity contribution in [1.29, 1.82) is 5.26 Å². The summed E-state index contributed by atoms with van der Waals surface area (Å²) in [4.78, 5) is 17.8. The fourth-order valence-corrected chi connectivity index (χ4v) is 1.72. The minimum atomic E-state index is -0.235. The van der Waals surface area contributed by atoms with Gasteiger partial charge in [-0.05, 0) is 40.3 Å². The molecule has 0 unspecified atom stereocenters. The van der Waals surface area contributed by atoms with E-state index in [1.54, 1.807) is 24.3 Å². The van der Waals surface area contributed by atoms with E-state index in [1.165, 1.54) is 6.33 Å². The van der Waals surface area contributed by atoms with E-state index >= 15 is 0 Å². The first-order valence-corrected chi connectivity index (χ1v) is 6.15. The van der Waals surface area contributed by atoms with Crippen LogP contribution in [0.5, 0.6) is 11.6 Å². The molecular weight excluding hydrogens is 345 g/mol. The summed E-state index contributed by atoms with van der Waals surface area (Å²) in [5, 5.41) is 8.56. The number of halogens is 1. The molecule has 0 radical (unpaired) electrons. The lowest BCUT2D eigenvalue weighted by Crippen LogP contribution is -2.11. The summed E-state index contributed by atoms with van der Waals surface area (Å²) in [5.74, 6) is 0.847. The molecule has 0 amide bonds. The summed E-state index contributed by atoms with van der Waals surface area (Å²) in [6.45, 7) is 0. The Balaban J connectivity index is 2.21. The zero-order valence-electron chi connectivity index (χ0n) is 9.18. The van der Waals surface area contributed by atoms with Crippen LogP contribution in [0.1, 0.15) is 5.56 Å². The van der Waals surface area contributed by atoms with Crippen LogP contribution in [0.15, 0.2) is 35.4 Å². The van der Waals surface area contributed by atoms with E-state index in [2.05, 4.69) is 16.0 Å². The Bertz CT molecular complexity index is 644. The summed E-state index contributed by atoms with van der Waals surface area (Å²) in [6.07, 6.45) is 1.66. The second kappa shape index (κ2) is 5.64. The minimum Gasteiger partial charge on any atom is -0.438 e. The number of nitrogens with zero attached hydrogens (tertiary/aromatic N) is 2. The van der Waals surface area contributed by atoms with Crippen molar-refractivity contribution in [1.82, 2.24) is 9.97 Å². The van der Waals surface area contributed by atoms with Gasteiger partial charge in [-0.3, -0.25) is 4.79 Å². The van der Waals surface area contributed by atoms with Gasteiger partial charge in [-0.2, -0.15) is 5.26 Å². The molecule has 2 rings (SSSR count). The molecule has 5 nitrogen and oxygen atoms in total. The highest BCUT2D eigenvalue weighted by molar-refractivity contribution is 14.1. The quantitative estimate of drug-likeness (QED) is 0.859.